The molecule has 23 heavy (non-hydrogen) atoms. The third-order valence-electron chi connectivity index (χ3n) is 3.95. The molecule has 4 heteroatoms. The number of carbonyl (C=O) groups excluding carboxylic acids is 1. The van der Waals surface area contributed by atoms with E-state index in [-0.39, 0.29) is 11.4 Å². The Balaban J connectivity index is 2.41. The monoisotopic (exact) mass is 321 g/mol. The first-order chi connectivity index (χ1) is 10.7. The number of hydrogen-bond acceptors (Lipinski definition) is 4. The molecule has 1 aromatic carbocycles. The molecule has 4 nitrogen and oxygen atoms in total. The highest BCUT2D eigenvalue weighted by Gasteiger charge is 2.15. The Bertz CT molecular complexity index is 476. The minimum atomic E-state index is -0.478. The predicted octanol–water partition coefficient (Wildman–Crippen LogP) is 3.29. The Morgan fingerprint density at radius 3 is 2.35 bits per heavy atom. The molecular formula is C19H31NO3. The molecule has 130 valence electrons. The quantitative estimate of drug-likeness (QED) is 0.747. The normalized spacial score (nSPS) is 13.2. The average Bonchev–Trinajstić information content (AvgIpc) is 2.50. The molecule has 0 aliphatic carbocycles. The smallest absolute Gasteiger partial charge is 0.307 e. The van der Waals surface area contributed by atoms with Gasteiger partial charge < -0.3 is 14.7 Å². The minimum Gasteiger partial charge on any atom is -0.466 e. The number of carbonyl (C=O) groups is 1. The topological polar surface area (TPSA) is 49.8 Å². The van der Waals surface area contributed by atoms with Gasteiger partial charge in [-0.15, -0.1) is 0 Å². The highest BCUT2D eigenvalue weighted by atomic mass is 16.5. The molecule has 0 heterocycles. The molecule has 0 saturated carbocycles. The molecule has 0 bridgehead atoms. The average molecular weight is 321 g/mol. The van der Waals surface area contributed by atoms with Gasteiger partial charge in [-0.3, -0.25) is 4.79 Å². The lowest BCUT2D eigenvalue weighted by Crippen LogP contribution is -2.25. The van der Waals surface area contributed by atoms with Crippen molar-refractivity contribution in [2.24, 2.45) is 0 Å². The molecule has 0 radical (unpaired) electrons. The molecular weight excluding hydrogens is 290 g/mol. The standard InChI is InChI=1S/C19H31NO3/c1-6-23-18(22)12-14-20(5)13-11-17(21)15-7-9-16(10-8-15)19(2,3)4/h7-10,17,21H,6,11-14H2,1-5H3. The Hall–Kier alpha value is -1.39. The molecule has 1 N–H and O–H groups in total. The Morgan fingerprint density at radius 2 is 1.83 bits per heavy atom. The van der Waals surface area contributed by atoms with E-state index in [4.69, 9.17) is 4.74 Å². The number of rotatable bonds is 8. The van der Waals surface area contributed by atoms with Crippen molar-refractivity contribution < 1.29 is 14.6 Å². The van der Waals surface area contributed by atoms with Gasteiger partial charge in [-0.05, 0) is 36.9 Å². The first kappa shape index (κ1) is 19.7. The zero-order valence-electron chi connectivity index (χ0n) is 15.1. The van der Waals surface area contributed by atoms with Crippen LogP contribution < -0.4 is 0 Å². The number of hydrogen-bond donors (Lipinski definition) is 1. The van der Waals surface area contributed by atoms with Crippen LogP contribution in [0.15, 0.2) is 24.3 Å². The van der Waals surface area contributed by atoms with Crippen molar-refractivity contribution in [1.82, 2.24) is 4.90 Å². The summed E-state index contributed by atoms with van der Waals surface area (Å²) >= 11 is 0. The maximum atomic E-state index is 11.3. The zero-order valence-corrected chi connectivity index (χ0v) is 15.1. The van der Waals surface area contributed by atoms with Gasteiger partial charge in [0, 0.05) is 13.1 Å². The summed E-state index contributed by atoms with van der Waals surface area (Å²) in [5.41, 5.74) is 2.33. The first-order valence-corrected chi connectivity index (χ1v) is 8.36. The van der Waals surface area contributed by atoms with Gasteiger partial charge in [0.25, 0.3) is 0 Å². The van der Waals surface area contributed by atoms with E-state index < -0.39 is 6.10 Å². The van der Waals surface area contributed by atoms with E-state index in [9.17, 15) is 9.90 Å². The maximum Gasteiger partial charge on any atom is 0.307 e. The number of aliphatic hydroxyl groups is 1. The lowest BCUT2D eigenvalue weighted by Gasteiger charge is -2.21. The van der Waals surface area contributed by atoms with Crippen molar-refractivity contribution >= 4 is 5.97 Å². The summed E-state index contributed by atoms with van der Waals surface area (Å²) in [6.07, 6.45) is 0.559. The van der Waals surface area contributed by atoms with Crippen LogP contribution in [0.3, 0.4) is 0 Å². The van der Waals surface area contributed by atoms with E-state index in [2.05, 4.69) is 32.9 Å². The van der Waals surface area contributed by atoms with Gasteiger partial charge in [0.2, 0.25) is 0 Å². The molecule has 0 saturated heterocycles. The van der Waals surface area contributed by atoms with Crippen LogP contribution in [-0.4, -0.2) is 42.7 Å². The van der Waals surface area contributed by atoms with Crippen molar-refractivity contribution in [3.05, 3.63) is 35.4 Å². The highest BCUT2D eigenvalue weighted by molar-refractivity contribution is 5.69. The molecule has 1 atom stereocenters. The second-order valence-corrected chi connectivity index (χ2v) is 7.03. The number of nitrogens with zero attached hydrogens (tertiary/aromatic N) is 1. The fourth-order valence-electron chi connectivity index (χ4n) is 2.34. The predicted molar refractivity (Wildman–Crippen MR) is 93.5 cm³/mol. The van der Waals surface area contributed by atoms with Gasteiger partial charge in [0.15, 0.2) is 0 Å². The summed E-state index contributed by atoms with van der Waals surface area (Å²) in [7, 11) is 1.95. The molecule has 1 aromatic rings. The van der Waals surface area contributed by atoms with E-state index in [1.165, 1.54) is 5.56 Å². The maximum absolute atomic E-state index is 11.3. The van der Waals surface area contributed by atoms with Crippen LogP contribution in [0.4, 0.5) is 0 Å². The summed E-state index contributed by atoms with van der Waals surface area (Å²) < 4.78 is 4.91. The van der Waals surface area contributed by atoms with Crippen LogP contribution in [-0.2, 0) is 14.9 Å². The van der Waals surface area contributed by atoms with Crippen LogP contribution in [0.5, 0.6) is 0 Å². The third kappa shape index (κ3) is 7.14. The summed E-state index contributed by atoms with van der Waals surface area (Å²) in [4.78, 5) is 13.4. The molecule has 0 aromatic heterocycles. The third-order valence-corrected chi connectivity index (χ3v) is 3.95. The second kappa shape index (κ2) is 9.04. The first-order valence-electron chi connectivity index (χ1n) is 8.36. The lowest BCUT2D eigenvalue weighted by molar-refractivity contribution is -0.143. The molecule has 0 aliphatic rings. The van der Waals surface area contributed by atoms with Crippen LogP contribution in [0, 0.1) is 0 Å². The van der Waals surface area contributed by atoms with Crippen molar-refractivity contribution in [1.29, 1.82) is 0 Å². The molecule has 0 fully saturated rings. The van der Waals surface area contributed by atoms with E-state index in [1.807, 2.05) is 31.0 Å². The van der Waals surface area contributed by atoms with Gasteiger partial charge in [-0.2, -0.15) is 0 Å². The van der Waals surface area contributed by atoms with Crippen molar-refractivity contribution in [2.75, 3.05) is 26.7 Å². The number of ether oxygens (including phenoxy) is 1. The van der Waals surface area contributed by atoms with E-state index >= 15 is 0 Å². The van der Waals surface area contributed by atoms with E-state index in [0.717, 1.165) is 12.1 Å². The van der Waals surface area contributed by atoms with Crippen molar-refractivity contribution in [3.8, 4) is 0 Å². The minimum absolute atomic E-state index is 0.122. The van der Waals surface area contributed by atoms with E-state index in [0.29, 0.717) is 26.0 Å². The number of esters is 1. The summed E-state index contributed by atoms with van der Waals surface area (Å²) in [5.74, 6) is -0.169. The number of aliphatic hydroxyl groups excluding tert-OH is 1. The summed E-state index contributed by atoms with van der Waals surface area (Å²) in [6.45, 7) is 10.1. The van der Waals surface area contributed by atoms with Gasteiger partial charge >= 0.3 is 5.97 Å². The van der Waals surface area contributed by atoms with Crippen molar-refractivity contribution in [2.45, 2.75) is 52.1 Å². The van der Waals surface area contributed by atoms with Gasteiger partial charge in [0.1, 0.15) is 0 Å². The second-order valence-electron chi connectivity index (χ2n) is 7.03. The Morgan fingerprint density at radius 1 is 1.22 bits per heavy atom. The fraction of sp³-hybridized carbons (Fsp3) is 0.632. The summed E-state index contributed by atoms with van der Waals surface area (Å²) in [5, 5.41) is 10.3. The SMILES string of the molecule is CCOC(=O)CCN(C)CCC(O)c1ccc(C(C)(C)C)cc1. The van der Waals surface area contributed by atoms with Gasteiger partial charge in [-0.1, -0.05) is 45.0 Å². The molecule has 1 rings (SSSR count). The Kier molecular flexibility index (Phi) is 7.73. The molecule has 0 aliphatic heterocycles. The van der Waals surface area contributed by atoms with E-state index in [1.54, 1.807) is 0 Å². The van der Waals surface area contributed by atoms with Crippen LogP contribution in [0.25, 0.3) is 0 Å². The van der Waals surface area contributed by atoms with Crippen molar-refractivity contribution in [3.63, 3.8) is 0 Å². The van der Waals surface area contributed by atoms with Crippen LogP contribution in [0.1, 0.15) is 57.8 Å². The molecule has 0 spiro atoms. The molecule has 1 unspecified atom stereocenters. The molecule has 0 amide bonds. The van der Waals surface area contributed by atoms with Crippen LogP contribution >= 0.6 is 0 Å². The van der Waals surface area contributed by atoms with Gasteiger partial charge in [0.05, 0.1) is 19.1 Å². The lowest BCUT2D eigenvalue weighted by atomic mass is 9.86. The highest BCUT2D eigenvalue weighted by Crippen LogP contribution is 2.24. The van der Waals surface area contributed by atoms with Gasteiger partial charge in [-0.25, -0.2) is 0 Å². The van der Waals surface area contributed by atoms with Crippen LogP contribution in [0.2, 0.25) is 0 Å². The largest absolute Gasteiger partial charge is 0.466 e. The number of benzene rings is 1. The summed E-state index contributed by atoms with van der Waals surface area (Å²) in [6, 6.07) is 8.18. The zero-order chi connectivity index (χ0) is 17.5. The fourth-order valence-corrected chi connectivity index (χ4v) is 2.34. The Labute approximate surface area is 140 Å².